The van der Waals surface area contributed by atoms with Crippen LogP contribution in [-0.4, -0.2) is 47.3 Å². The van der Waals surface area contributed by atoms with E-state index in [9.17, 15) is 52.3 Å². The Morgan fingerprint density at radius 1 is 0.682 bits per heavy atom. The predicted octanol–water partition coefficient (Wildman–Crippen LogP) is 3.21. The topological polar surface area (TPSA) is 54.4 Å². The molecular formula is C8H6F10O3S. The van der Waals surface area contributed by atoms with Gasteiger partial charge in [0.15, 0.2) is 0 Å². The molecule has 1 aliphatic rings. The summed E-state index contributed by atoms with van der Waals surface area (Å²) in [7, 11) is -7.04. The summed E-state index contributed by atoms with van der Waals surface area (Å²) in [6.07, 6.45) is -2.40. The summed E-state index contributed by atoms with van der Waals surface area (Å²) in [6, 6.07) is 0. The first-order valence-corrected chi connectivity index (χ1v) is 6.61. The zero-order valence-corrected chi connectivity index (χ0v) is 11.0. The monoisotopic (exact) mass is 372 g/mol. The number of alkyl halides is 10. The molecule has 0 aliphatic heterocycles. The third kappa shape index (κ3) is 1.50. The Hall–Kier alpha value is -0.790. The molecule has 0 atom stereocenters. The number of hydrogen-bond donors (Lipinski definition) is 1. The van der Waals surface area contributed by atoms with Gasteiger partial charge in [0.1, 0.15) is 0 Å². The third-order valence-electron chi connectivity index (χ3n) is 3.53. The van der Waals surface area contributed by atoms with Crippen LogP contribution >= 0.6 is 0 Å². The van der Waals surface area contributed by atoms with Crippen LogP contribution in [0.4, 0.5) is 43.9 Å². The Bertz CT molecular complexity index is 551. The lowest BCUT2D eigenvalue weighted by atomic mass is 9.72. The van der Waals surface area contributed by atoms with Crippen LogP contribution in [-0.2, 0) is 10.1 Å². The van der Waals surface area contributed by atoms with Crippen molar-refractivity contribution in [3.63, 3.8) is 0 Å². The molecule has 3 nitrogen and oxygen atoms in total. The normalized spacial score (nSPS) is 30.7. The lowest BCUT2D eigenvalue weighted by molar-refractivity contribution is -0.456. The molecule has 0 radical (unpaired) electrons. The molecule has 14 heteroatoms. The fourth-order valence-electron chi connectivity index (χ4n) is 2.25. The molecule has 1 saturated carbocycles. The minimum Gasteiger partial charge on any atom is -0.285 e. The summed E-state index contributed by atoms with van der Waals surface area (Å²) in [6.45, 7) is 0.0191. The lowest BCUT2D eigenvalue weighted by Gasteiger charge is -2.54. The first-order chi connectivity index (χ1) is 9.31. The van der Waals surface area contributed by atoms with Gasteiger partial charge in [-0.15, -0.1) is 0 Å². The van der Waals surface area contributed by atoms with E-state index in [1.54, 1.807) is 0 Å². The van der Waals surface area contributed by atoms with Crippen molar-refractivity contribution in [2.24, 2.45) is 0 Å². The number of hydrogen-bond acceptors (Lipinski definition) is 2. The summed E-state index contributed by atoms with van der Waals surface area (Å²) >= 11 is 0. The fraction of sp³-hybridized carbons (Fsp3) is 1.00. The maximum Gasteiger partial charge on any atom is 0.384 e. The number of rotatable bonds is 2. The van der Waals surface area contributed by atoms with Crippen LogP contribution in [0.25, 0.3) is 0 Å². The van der Waals surface area contributed by atoms with Gasteiger partial charge in [-0.1, -0.05) is 6.92 Å². The summed E-state index contributed by atoms with van der Waals surface area (Å²) < 4.78 is 157. The van der Waals surface area contributed by atoms with E-state index in [0.717, 1.165) is 0 Å². The van der Waals surface area contributed by atoms with Crippen LogP contribution in [0, 0.1) is 0 Å². The average molecular weight is 372 g/mol. The molecule has 0 aromatic carbocycles. The molecule has 0 unspecified atom stereocenters. The molecule has 0 spiro atoms. The highest BCUT2D eigenvalue weighted by Crippen LogP contribution is 2.70. The van der Waals surface area contributed by atoms with Crippen LogP contribution in [0.15, 0.2) is 0 Å². The van der Waals surface area contributed by atoms with E-state index < -0.39 is 50.9 Å². The van der Waals surface area contributed by atoms with Crippen LogP contribution in [0.5, 0.6) is 0 Å². The summed E-state index contributed by atoms with van der Waals surface area (Å²) in [4.78, 5) is 0. The maximum atomic E-state index is 13.6. The molecule has 0 amide bonds. The SMILES string of the molecule is CCC1(S(=O)(=O)O)C(F)(F)C(F)(F)C(F)(F)C(F)(F)C1(F)F. The van der Waals surface area contributed by atoms with E-state index >= 15 is 0 Å². The van der Waals surface area contributed by atoms with Crippen LogP contribution in [0.1, 0.15) is 13.3 Å². The quantitative estimate of drug-likeness (QED) is 0.598. The molecule has 0 bridgehead atoms. The van der Waals surface area contributed by atoms with Crippen molar-refractivity contribution < 1.29 is 56.9 Å². The first kappa shape index (κ1) is 19.3. The molecule has 1 fully saturated rings. The molecule has 0 aromatic rings. The summed E-state index contributed by atoms with van der Waals surface area (Å²) in [5, 5.41) is 0. The van der Waals surface area contributed by atoms with Crippen molar-refractivity contribution in [1.29, 1.82) is 0 Å². The molecule has 22 heavy (non-hydrogen) atoms. The largest absolute Gasteiger partial charge is 0.384 e. The van der Waals surface area contributed by atoms with Gasteiger partial charge >= 0.3 is 29.6 Å². The van der Waals surface area contributed by atoms with Crippen LogP contribution in [0.2, 0.25) is 0 Å². The summed E-state index contributed by atoms with van der Waals surface area (Å²) in [5.41, 5.74) is 0. The van der Waals surface area contributed by atoms with Gasteiger partial charge in [-0.2, -0.15) is 52.3 Å². The second kappa shape index (κ2) is 4.19. The van der Waals surface area contributed by atoms with E-state index in [2.05, 4.69) is 0 Å². The van der Waals surface area contributed by atoms with Gasteiger partial charge in [0.2, 0.25) is 4.75 Å². The second-order valence-electron chi connectivity index (χ2n) is 4.53. The van der Waals surface area contributed by atoms with Crippen molar-refractivity contribution in [3.05, 3.63) is 0 Å². The van der Waals surface area contributed by atoms with Crippen molar-refractivity contribution >= 4 is 10.1 Å². The van der Waals surface area contributed by atoms with Crippen molar-refractivity contribution in [2.45, 2.75) is 47.7 Å². The van der Waals surface area contributed by atoms with Crippen molar-refractivity contribution in [2.75, 3.05) is 0 Å². The molecule has 132 valence electrons. The van der Waals surface area contributed by atoms with Gasteiger partial charge < -0.3 is 0 Å². The van der Waals surface area contributed by atoms with Gasteiger partial charge in [0, 0.05) is 0 Å². The molecule has 1 N–H and O–H groups in total. The third-order valence-corrected chi connectivity index (χ3v) is 5.21. The van der Waals surface area contributed by atoms with Gasteiger partial charge in [0.05, 0.1) is 0 Å². The van der Waals surface area contributed by atoms with Crippen LogP contribution in [0.3, 0.4) is 0 Å². The molecule has 0 heterocycles. The van der Waals surface area contributed by atoms with E-state index in [1.165, 1.54) is 0 Å². The van der Waals surface area contributed by atoms with Gasteiger partial charge in [0.25, 0.3) is 10.1 Å². The minimum absolute atomic E-state index is 0.0191. The predicted molar refractivity (Wildman–Crippen MR) is 49.3 cm³/mol. The van der Waals surface area contributed by atoms with E-state index in [-0.39, 0.29) is 6.92 Å². The van der Waals surface area contributed by atoms with E-state index in [4.69, 9.17) is 4.55 Å². The zero-order chi connectivity index (χ0) is 18.2. The Morgan fingerprint density at radius 3 is 1.09 bits per heavy atom. The zero-order valence-electron chi connectivity index (χ0n) is 10.2. The smallest absolute Gasteiger partial charge is 0.285 e. The van der Waals surface area contributed by atoms with E-state index in [1.807, 2.05) is 0 Å². The maximum absolute atomic E-state index is 13.6. The average Bonchev–Trinajstić information content (AvgIpc) is 2.25. The Morgan fingerprint density at radius 2 is 0.909 bits per heavy atom. The lowest BCUT2D eigenvalue weighted by Crippen LogP contribution is -2.86. The highest BCUT2D eigenvalue weighted by Gasteiger charge is 3.02. The number of halogens is 10. The molecule has 1 rings (SSSR count). The summed E-state index contributed by atoms with van der Waals surface area (Å²) in [5.74, 6) is -35.5. The highest BCUT2D eigenvalue weighted by atomic mass is 32.2. The molecule has 0 saturated heterocycles. The molecule has 0 aromatic heterocycles. The van der Waals surface area contributed by atoms with Crippen LogP contribution < -0.4 is 0 Å². The molecular weight excluding hydrogens is 366 g/mol. The van der Waals surface area contributed by atoms with Crippen molar-refractivity contribution in [1.82, 2.24) is 0 Å². The van der Waals surface area contributed by atoms with Gasteiger partial charge in [-0.05, 0) is 6.42 Å². The first-order valence-electron chi connectivity index (χ1n) is 5.17. The highest BCUT2D eigenvalue weighted by molar-refractivity contribution is 7.87. The fourth-order valence-corrected chi connectivity index (χ4v) is 3.52. The van der Waals surface area contributed by atoms with Gasteiger partial charge in [-0.25, -0.2) is 0 Å². The second-order valence-corrected chi connectivity index (χ2v) is 6.17. The van der Waals surface area contributed by atoms with Crippen molar-refractivity contribution in [3.8, 4) is 0 Å². The Kier molecular flexibility index (Phi) is 3.66. The van der Waals surface area contributed by atoms with Gasteiger partial charge in [-0.3, -0.25) is 4.55 Å². The Labute approximate surface area is 116 Å². The Balaban J connectivity index is 4.10. The minimum atomic E-state index is -7.28. The standard InChI is InChI=1S/C8H6F10O3S/c1-2-3(22(19,20)21)4(9,10)6(13,14)8(17,18)7(15,16)5(3,11)12/h2H2,1H3,(H,19,20,21). The van der Waals surface area contributed by atoms with E-state index in [0.29, 0.717) is 0 Å². The molecule has 1 aliphatic carbocycles.